The van der Waals surface area contributed by atoms with E-state index in [1.165, 1.54) is 10.8 Å². The Kier molecular flexibility index (Phi) is 3.21. The Morgan fingerprint density at radius 2 is 1.60 bits per heavy atom. The molecule has 0 unspecified atom stereocenters. The third-order valence-electron chi connectivity index (χ3n) is 2.39. The van der Waals surface area contributed by atoms with Crippen molar-refractivity contribution in [2.75, 3.05) is 0 Å². The Bertz CT molecular complexity index is 615. The minimum Gasteiger partial charge on any atom is -0.657 e. The van der Waals surface area contributed by atoms with E-state index in [4.69, 9.17) is 0 Å². The summed E-state index contributed by atoms with van der Waals surface area (Å²) in [5.74, 6) is 0. The average molecular weight is 268 g/mol. The summed E-state index contributed by atoms with van der Waals surface area (Å²) in [6.45, 7) is 0. The van der Waals surface area contributed by atoms with Crippen LogP contribution in [0.5, 0.6) is 0 Å². The van der Waals surface area contributed by atoms with E-state index in [1.54, 1.807) is 0 Å². The normalized spacial score (nSPS) is 10.5. The molecule has 0 aliphatic rings. The molecule has 68 valence electrons. The topological polar surface area (TPSA) is 14.1 Å². The van der Waals surface area contributed by atoms with Gasteiger partial charge < -0.3 is 4.98 Å². The number of fused-ring (bicyclic) bond motifs is 3. The first-order valence-corrected chi connectivity index (χ1v) is 5.24. The van der Waals surface area contributed by atoms with Crippen LogP contribution < -0.4 is 34.5 Å². The summed E-state index contributed by atoms with van der Waals surface area (Å²) in [4.78, 5) is 4.54. The first-order valence-electron chi connectivity index (χ1n) is 4.45. The molecule has 0 aliphatic heterocycles. The molecule has 0 bridgehead atoms. The van der Waals surface area contributed by atoms with Gasteiger partial charge in [-0.25, -0.2) is 0 Å². The maximum atomic E-state index is 4.54. The Balaban J connectivity index is 0.000000853. The van der Waals surface area contributed by atoms with E-state index in [0.29, 0.717) is 0 Å². The van der Waals surface area contributed by atoms with Crippen LogP contribution in [0.1, 0.15) is 0 Å². The van der Waals surface area contributed by atoms with E-state index in [1.807, 2.05) is 30.3 Å². The molecule has 0 amide bonds. The molecule has 0 radical (unpaired) electrons. The van der Waals surface area contributed by atoms with Crippen molar-refractivity contribution >= 4 is 37.7 Å². The molecule has 15 heavy (non-hydrogen) atoms. The van der Waals surface area contributed by atoms with Crippen molar-refractivity contribution in [2.24, 2.45) is 0 Å². The maximum absolute atomic E-state index is 4.54. The molecule has 0 N–H and O–H groups in total. The van der Waals surface area contributed by atoms with E-state index >= 15 is 0 Å². The molecule has 1 aromatic heterocycles. The van der Waals surface area contributed by atoms with Gasteiger partial charge in [0.15, 0.2) is 0 Å². The van der Waals surface area contributed by atoms with Gasteiger partial charge >= 0.3 is 29.6 Å². The van der Waals surface area contributed by atoms with Crippen molar-refractivity contribution < 1.29 is 29.6 Å². The van der Waals surface area contributed by atoms with Gasteiger partial charge in [-0.05, 0) is 22.9 Å². The Labute approximate surface area is 118 Å². The molecule has 0 atom stereocenters. The second kappa shape index (κ2) is 4.30. The summed E-state index contributed by atoms with van der Waals surface area (Å²) in [6, 6.07) is 14.4. The van der Waals surface area contributed by atoms with Gasteiger partial charge in [-0.2, -0.15) is 0 Å². The number of halogens is 1. The molecule has 0 saturated carbocycles. The molecular weight excluding hydrogens is 261 g/mol. The van der Waals surface area contributed by atoms with Crippen molar-refractivity contribution in [3.05, 3.63) is 46.9 Å². The fourth-order valence-corrected chi connectivity index (χ4v) is 2.11. The zero-order valence-electron chi connectivity index (χ0n) is 8.37. The Morgan fingerprint density at radius 1 is 0.867 bits per heavy atom. The summed E-state index contributed by atoms with van der Waals surface area (Å²) in [7, 11) is 0. The van der Waals surface area contributed by atoms with Crippen LogP contribution in [0.25, 0.3) is 21.8 Å². The summed E-state index contributed by atoms with van der Waals surface area (Å²) >= 11 is 3.48. The second-order valence-corrected chi connectivity index (χ2v) is 4.21. The van der Waals surface area contributed by atoms with Gasteiger partial charge in [0.2, 0.25) is 0 Å². The quantitative estimate of drug-likeness (QED) is 0.548. The van der Waals surface area contributed by atoms with E-state index in [9.17, 15) is 0 Å². The molecule has 0 spiro atoms. The zero-order valence-corrected chi connectivity index (χ0v) is 12.0. The largest absolute Gasteiger partial charge is 1.00 e. The van der Waals surface area contributed by atoms with Crippen LogP contribution in [-0.2, 0) is 0 Å². The van der Waals surface area contributed by atoms with E-state index in [2.05, 4.69) is 33.0 Å². The summed E-state index contributed by atoms with van der Waals surface area (Å²) in [6.07, 6.45) is 0. The molecule has 0 fully saturated rings. The second-order valence-electron chi connectivity index (χ2n) is 3.29. The van der Waals surface area contributed by atoms with Crippen LogP contribution >= 0.6 is 15.9 Å². The van der Waals surface area contributed by atoms with Crippen LogP contribution in [0.2, 0.25) is 0 Å². The van der Waals surface area contributed by atoms with Crippen molar-refractivity contribution in [2.45, 2.75) is 0 Å². The summed E-state index contributed by atoms with van der Waals surface area (Å²) in [5, 5.41) is 2.44. The van der Waals surface area contributed by atoms with Crippen molar-refractivity contribution in [1.29, 1.82) is 0 Å². The standard InChI is InChI=1S/C12H7BrN.Na/c13-8-5-6-12-10(7-8)9-3-1-2-4-11(9)14-12;/h1-7H;/q-1;+1. The molecule has 1 heterocycles. The SMILES string of the molecule is Brc1ccc2[n-]c3ccccc3c2c1.[Na+]. The number of rotatable bonds is 0. The number of hydrogen-bond acceptors (Lipinski definition) is 0. The number of aromatic nitrogens is 1. The van der Waals surface area contributed by atoms with Crippen molar-refractivity contribution in [3.63, 3.8) is 0 Å². The van der Waals surface area contributed by atoms with Gasteiger partial charge in [0, 0.05) is 4.47 Å². The van der Waals surface area contributed by atoms with Gasteiger partial charge in [0.1, 0.15) is 0 Å². The van der Waals surface area contributed by atoms with E-state index < -0.39 is 0 Å². The summed E-state index contributed by atoms with van der Waals surface area (Å²) in [5.41, 5.74) is 2.13. The van der Waals surface area contributed by atoms with E-state index in [-0.39, 0.29) is 29.6 Å². The molecule has 0 aliphatic carbocycles. The first-order chi connectivity index (χ1) is 6.84. The predicted molar refractivity (Wildman–Crippen MR) is 62.5 cm³/mol. The fourth-order valence-electron chi connectivity index (χ4n) is 1.75. The van der Waals surface area contributed by atoms with Gasteiger partial charge in [0.05, 0.1) is 0 Å². The third kappa shape index (κ3) is 1.87. The van der Waals surface area contributed by atoms with Crippen molar-refractivity contribution in [1.82, 2.24) is 4.98 Å². The fraction of sp³-hybridized carbons (Fsp3) is 0. The van der Waals surface area contributed by atoms with Crippen LogP contribution in [0.15, 0.2) is 46.9 Å². The van der Waals surface area contributed by atoms with Gasteiger partial charge in [-0.3, -0.25) is 0 Å². The molecule has 3 heteroatoms. The maximum Gasteiger partial charge on any atom is 1.00 e. The third-order valence-corrected chi connectivity index (χ3v) is 2.89. The summed E-state index contributed by atoms with van der Waals surface area (Å²) < 4.78 is 1.10. The Morgan fingerprint density at radius 3 is 2.47 bits per heavy atom. The molecular formula is C12H7BrNNa. The predicted octanol–water partition coefficient (Wildman–Crippen LogP) is 0.717. The number of hydrogen-bond donors (Lipinski definition) is 0. The van der Waals surface area contributed by atoms with Crippen LogP contribution in [0, 0.1) is 0 Å². The molecule has 3 aromatic rings. The number of nitrogens with zero attached hydrogens (tertiary/aromatic N) is 1. The minimum atomic E-state index is 0. The average Bonchev–Trinajstić information content (AvgIpc) is 2.56. The van der Waals surface area contributed by atoms with E-state index in [0.717, 1.165) is 15.5 Å². The van der Waals surface area contributed by atoms with Crippen LogP contribution in [0.4, 0.5) is 0 Å². The zero-order chi connectivity index (χ0) is 9.54. The Hall–Kier alpha value is -0.280. The van der Waals surface area contributed by atoms with Gasteiger partial charge in [-0.15, -0.1) is 11.0 Å². The smallest absolute Gasteiger partial charge is 0.657 e. The van der Waals surface area contributed by atoms with Crippen LogP contribution in [-0.4, -0.2) is 0 Å². The number of para-hydroxylation sites is 1. The van der Waals surface area contributed by atoms with Crippen molar-refractivity contribution in [3.8, 4) is 0 Å². The molecule has 1 nitrogen and oxygen atoms in total. The van der Waals surface area contributed by atoms with Gasteiger partial charge in [0.25, 0.3) is 0 Å². The monoisotopic (exact) mass is 267 g/mol. The molecule has 2 aromatic carbocycles. The van der Waals surface area contributed by atoms with Crippen LogP contribution in [0.3, 0.4) is 0 Å². The first kappa shape index (κ1) is 11.2. The number of benzene rings is 2. The van der Waals surface area contributed by atoms with Gasteiger partial charge in [-0.1, -0.05) is 46.3 Å². The molecule has 3 rings (SSSR count). The molecule has 0 saturated heterocycles. The minimum absolute atomic E-state index is 0.